The van der Waals surface area contributed by atoms with Gasteiger partial charge in [0, 0.05) is 23.4 Å². The fourth-order valence-corrected chi connectivity index (χ4v) is 4.53. The normalized spacial score (nSPS) is 20.9. The third-order valence-electron chi connectivity index (χ3n) is 6.51. The zero-order chi connectivity index (χ0) is 22.0. The fourth-order valence-electron chi connectivity index (χ4n) is 4.40. The number of hydrogen-bond donors (Lipinski definition) is 2. The first-order chi connectivity index (χ1) is 14.9. The lowest BCUT2D eigenvalue weighted by Crippen LogP contribution is -2.34. The van der Waals surface area contributed by atoms with Crippen LogP contribution in [-0.4, -0.2) is 45.7 Å². The molecule has 2 aliphatic rings. The number of carboxylic acid groups (broad SMARTS) is 1. The Morgan fingerprint density at radius 3 is 2.45 bits per heavy atom. The summed E-state index contributed by atoms with van der Waals surface area (Å²) in [5.74, 6) is -0.831. The van der Waals surface area contributed by atoms with E-state index in [4.69, 9.17) is 16.7 Å². The standard InChI is InChI=1S/C25H26ClNO4/c26-20-7-5-19(6-8-20)25(14-15-25)22(28)11-9-21-10-12-23(29)27(21)16-13-17-1-3-18(4-2-17)24(30)31/h1-9,11,21-22,28H,10,12-16H2,(H,30,31)/t21-,22-/m0/s1. The molecule has 1 amide bonds. The Kier molecular flexibility index (Phi) is 6.17. The largest absolute Gasteiger partial charge is 0.478 e. The minimum atomic E-state index is -0.947. The van der Waals surface area contributed by atoms with Crippen LogP contribution >= 0.6 is 11.6 Å². The van der Waals surface area contributed by atoms with Crippen molar-refractivity contribution in [3.05, 3.63) is 82.4 Å². The van der Waals surface area contributed by atoms with Crippen LogP contribution in [0.25, 0.3) is 0 Å². The first-order valence-electron chi connectivity index (χ1n) is 10.6. The summed E-state index contributed by atoms with van der Waals surface area (Å²) in [6.07, 6.45) is 6.99. The summed E-state index contributed by atoms with van der Waals surface area (Å²) in [7, 11) is 0. The minimum absolute atomic E-state index is 0.0264. The van der Waals surface area contributed by atoms with Crippen molar-refractivity contribution in [3.63, 3.8) is 0 Å². The van der Waals surface area contributed by atoms with Crippen LogP contribution in [0.1, 0.15) is 47.2 Å². The molecule has 2 aromatic rings. The van der Waals surface area contributed by atoms with Crippen molar-refractivity contribution >= 4 is 23.5 Å². The van der Waals surface area contributed by atoms with E-state index in [1.807, 2.05) is 41.3 Å². The number of rotatable bonds is 8. The van der Waals surface area contributed by atoms with Crippen molar-refractivity contribution in [2.75, 3.05) is 6.54 Å². The van der Waals surface area contributed by atoms with E-state index < -0.39 is 12.1 Å². The van der Waals surface area contributed by atoms with Gasteiger partial charge in [-0.05, 0) is 61.1 Å². The molecule has 0 bridgehead atoms. The number of hydrogen-bond acceptors (Lipinski definition) is 3. The van der Waals surface area contributed by atoms with Crippen LogP contribution in [0.5, 0.6) is 0 Å². The molecule has 0 unspecified atom stereocenters. The molecule has 0 spiro atoms. The van der Waals surface area contributed by atoms with Crippen molar-refractivity contribution in [2.45, 2.75) is 49.7 Å². The number of aromatic carboxylic acids is 1. The molecule has 1 aliphatic carbocycles. The van der Waals surface area contributed by atoms with E-state index in [1.54, 1.807) is 24.3 Å². The van der Waals surface area contributed by atoms with Gasteiger partial charge in [0.05, 0.1) is 17.7 Å². The number of benzene rings is 2. The van der Waals surface area contributed by atoms with E-state index in [0.29, 0.717) is 24.4 Å². The predicted octanol–water partition coefficient (Wildman–Crippen LogP) is 4.22. The molecule has 2 aromatic carbocycles. The lowest BCUT2D eigenvalue weighted by Gasteiger charge is -2.24. The number of likely N-dealkylation sites (tertiary alicyclic amines) is 1. The zero-order valence-electron chi connectivity index (χ0n) is 17.2. The minimum Gasteiger partial charge on any atom is -0.478 e. The quantitative estimate of drug-likeness (QED) is 0.603. The lowest BCUT2D eigenvalue weighted by molar-refractivity contribution is -0.128. The monoisotopic (exact) mass is 439 g/mol. The molecule has 2 atom stereocenters. The molecule has 5 nitrogen and oxygen atoms in total. The van der Waals surface area contributed by atoms with E-state index in [-0.39, 0.29) is 22.9 Å². The molecule has 4 rings (SSSR count). The summed E-state index contributed by atoms with van der Waals surface area (Å²) in [6.45, 7) is 0.568. The number of aliphatic hydroxyl groups is 1. The van der Waals surface area contributed by atoms with Crippen LogP contribution < -0.4 is 0 Å². The van der Waals surface area contributed by atoms with Crippen molar-refractivity contribution in [3.8, 4) is 0 Å². The van der Waals surface area contributed by atoms with Crippen LogP contribution in [-0.2, 0) is 16.6 Å². The first kappa shape index (κ1) is 21.6. The molecule has 2 N–H and O–H groups in total. The van der Waals surface area contributed by atoms with Gasteiger partial charge in [-0.3, -0.25) is 4.79 Å². The van der Waals surface area contributed by atoms with Gasteiger partial charge in [0.25, 0.3) is 0 Å². The van der Waals surface area contributed by atoms with Crippen LogP contribution in [0.3, 0.4) is 0 Å². The smallest absolute Gasteiger partial charge is 0.335 e. The van der Waals surface area contributed by atoms with Gasteiger partial charge in [0.1, 0.15) is 0 Å². The Bertz CT molecular complexity index is 980. The number of halogens is 1. The van der Waals surface area contributed by atoms with E-state index in [1.165, 1.54) is 0 Å². The Labute approximate surface area is 187 Å². The molecule has 2 fully saturated rings. The molecule has 1 heterocycles. The van der Waals surface area contributed by atoms with Gasteiger partial charge in [-0.15, -0.1) is 0 Å². The van der Waals surface area contributed by atoms with Crippen LogP contribution in [0.2, 0.25) is 5.02 Å². The van der Waals surface area contributed by atoms with Crippen LogP contribution in [0.4, 0.5) is 0 Å². The Balaban J connectivity index is 1.39. The SMILES string of the molecule is O=C(O)c1ccc(CCN2C(=O)CC[C@@H]2C=C[C@H](O)C2(c3ccc(Cl)cc3)CC2)cc1. The highest BCUT2D eigenvalue weighted by Crippen LogP contribution is 2.51. The second-order valence-electron chi connectivity index (χ2n) is 8.44. The van der Waals surface area contributed by atoms with Gasteiger partial charge < -0.3 is 15.1 Å². The highest BCUT2D eigenvalue weighted by atomic mass is 35.5. The number of carboxylic acids is 1. The van der Waals surface area contributed by atoms with Crippen LogP contribution in [0, 0.1) is 0 Å². The molecule has 1 saturated heterocycles. The highest BCUT2D eigenvalue weighted by molar-refractivity contribution is 6.30. The van der Waals surface area contributed by atoms with Gasteiger partial charge >= 0.3 is 5.97 Å². The zero-order valence-corrected chi connectivity index (χ0v) is 18.0. The maximum absolute atomic E-state index is 12.4. The Morgan fingerprint density at radius 2 is 1.84 bits per heavy atom. The van der Waals surface area contributed by atoms with Gasteiger partial charge in [-0.25, -0.2) is 4.79 Å². The molecule has 1 saturated carbocycles. The van der Waals surface area contributed by atoms with Crippen LogP contribution in [0.15, 0.2) is 60.7 Å². The predicted molar refractivity (Wildman–Crippen MR) is 119 cm³/mol. The molecule has 1 aliphatic heterocycles. The Morgan fingerprint density at radius 1 is 1.16 bits per heavy atom. The third kappa shape index (κ3) is 4.68. The van der Waals surface area contributed by atoms with E-state index in [0.717, 1.165) is 30.4 Å². The molecule has 162 valence electrons. The fraction of sp³-hybridized carbons (Fsp3) is 0.360. The lowest BCUT2D eigenvalue weighted by atomic mass is 9.89. The topological polar surface area (TPSA) is 77.8 Å². The Hall–Kier alpha value is -2.63. The third-order valence-corrected chi connectivity index (χ3v) is 6.76. The first-order valence-corrected chi connectivity index (χ1v) is 11.0. The maximum Gasteiger partial charge on any atom is 0.335 e. The summed E-state index contributed by atoms with van der Waals surface area (Å²) in [5.41, 5.74) is 2.09. The summed E-state index contributed by atoms with van der Waals surface area (Å²) in [6, 6.07) is 14.4. The van der Waals surface area contributed by atoms with Gasteiger partial charge in [-0.2, -0.15) is 0 Å². The summed E-state index contributed by atoms with van der Waals surface area (Å²) in [5, 5.41) is 20.6. The molecule has 0 aromatic heterocycles. The van der Waals surface area contributed by atoms with E-state index >= 15 is 0 Å². The van der Waals surface area contributed by atoms with E-state index in [9.17, 15) is 14.7 Å². The maximum atomic E-state index is 12.4. The summed E-state index contributed by atoms with van der Waals surface area (Å²) in [4.78, 5) is 25.2. The van der Waals surface area contributed by atoms with Crippen molar-refractivity contribution < 1.29 is 19.8 Å². The van der Waals surface area contributed by atoms with Crippen molar-refractivity contribution in [2.24, 2.45) is 0 Å². The molecule has 0 radical (unpaired) electrons. The van der Waals surface area contributed by atoms with Crippen molar-refractivity contribution in [1.82, 2.24) is 4.90 Å². The van der Waals surface area contributed by atoms with Crippen molar-refractivity contribution in [1.29, 1.82) is 0 Å². The number of carbonyl (C=O) groups excluding carboxylic acids is 1. The second-order valence-corrected chi connectivity index (χ2v) is 8.87. The van der Waals surface area contributed by atoms with Gasteiger partial charge in [0.15, 0.2) is 0 Å². The number of amides is 1. The summed E-state index contributed by atoms with van der Waals surface area (Å²) >= 11 is 5.99. The average Bonchev–Trinajstić information content (AvgIpc) is 3.50. The van der Waals surface area contributed by atoms with Gasteiger partial charge in [0.2, 0.25) is 5.91 Å². The molecule has 6 heteroatoms. The number of aliphatic hydroxyl groups excluding tert-OH is 1. The molecule has 31 heavy (non-hydrogen) atoms. The highest BCUT2D eigenvalue weighted by Gasteiger charge is 2.49. The van der Waals surface area contributed by atoms with E-state index in [2.05, 4.69) is 0 Å². The molecular weight excluding hydrogens is 414 g/mol. The van der Waals surface area contributed by atoms with Gasteiger partial charge in [-0.1, -0.05) is 48.0 Å². The molecular formula is C25H26ClNO4. The average molecular weight is 440 g/mol. The number of nitrogens with zero attached hydrogens (tertiary/aromatic N) is 1. The second kappa shape index (κ2) is 8.85. The summed E-state index contributed by atoms with van der Waals surface area (Å²) < 4.78 is 0. The number of carbonyl (C=O) groups is 2.